The van der Waals surface area contributed by atoms with Crippen LogP contribution in [-0.2, 0) is 4.79 Å². The lowest BCUT2D eigenvalue weighted by molar-refractivity contribution is -0.141. The first-order valence-corrected chi connectivity index (χ1v) is 5.99. The molecule has 108 valence electrons. The quantitative estimate of drug-likeness (QED) is 0.843. The molecule has 0 bridgehead atoms. The number of halogens is 1. The molecule has 2 atom stereocenters. The first kappa shape index (κ1) is 14.3. The maximum Gasteiger partial charge on any atom is 0.326 e. The smallest absolute Gasteiger partial charge is 0.326 e. The van der Waals surface area contributed by atoms with E-state index in [1.807, 2.05) is 0 Å². The molecule has 20 heavy (non-hydrogen) atoms. The molecule has 0 aromatic heterocycles. The van der Waals surface area contributed by atoms with Crippen molar-refractivity contribution in [3.05, 3.63) is 29.6 Å². The number of carbonyl (C=O) groups is 2. The van der Waals surface area contributed by atoms with E-state index in [0.717, 1.165) is 11.0 Å². The van der Waals surface area contributed by atoms with Crippen LogP contribution in [0.3, 0.4) is 0 Å². The molecule has 1 heterocycles. The van der Waals surface area contributed by atoms with E-state index in [0.29, 0.717) is 0 Å². The summed E-state index contributed by atoms with van der Waals surface area (Å²) >= 11 is 0. The van der Waals surface area contributed by atoms with Crippen LogP contribution in [0.4, 0.5) is 4.39 Å². The molecule has 0 aliphatic carbocycles. The van der Waals surface area contributed by atoms with E-state index in [-0.39, 0.29) is 24.3 Å². The van der Waals surface area contributed by atoms with Gasteiger partial charge in [-0.05, 0) is 18.2 Å². The summed E-state index contributed by atoms with van der Waals surface area (Å²) in [5.41, 5.74) is 0.114. The van der Waals surface area contributed by atoms with Gasteiger partial charge in [0.25, 0.3) is 5.91 Å². The van der Waals surface area contributed by atoms with E-state index in [2.05, 4.69) is 0 Å². The Hall–Kier alpha value is -2.15. The lowest BCUT2D eigenvalue weighted by Gasteiger charge is -2.21. The molecule has 1 aromatic carbocycles. The Morgan fingerprint density at radius 2 is 2.15 bits per heavy atom. The van der Waals surface area contributed by atoms with Gasteiger partial charge in [0.1, 0.15) is 6.04 Å². The van der Waals surface area contributed by atoms with Crippen molar-refractivity contribution in [2.45, 2.75) is 18.6 Å². The summed E-state index contributed by atoms with van der Waals surface area (Å²) in [6, 6.07) is 2.47. The van der Waals surface area contributed by atoms with Crippen LogP contribution in [0.5, 0.6) is 5.75 Å². The van der Waals surface area contributed by atoms with Gasteiger partial charge in [-0.15, -0.1) is 0 Å². The maximum absolute atomic E-state index is 13.3. The molecule has 2 N–H and O–H groups in total. The predicted octanol–water partition coefficient (Wildman–Crippen LogP) is 0.494. The SMILES string of the molecule is COc1cc(C(=O)N2CC(O)C[C@H]2C(=O)O)ccc1F. The number of carboxylic acid groups (broad SMARTS) is 1. The molecule has 1 unspecified atom stereocenters. The van der Waals surface area contributed by atoms with Gasteiger partial charge < -0.3 is 19.8 Å². The summed E-state index contributed by atoms with van der Waals surface area (Å²) < 4.78 is 18.1. The van der Waals surface area contributed by atoms with Crippen LogP contribution < -0.4 is 4.74 Å². The van der Waals surface area contributed by atoms with Crippen LogP contribution in [0.25, 0.3) is 0 Å². The van der Waals surface area contributed by atoms with Gasteiger partial charge in [-0.25, -0.2) is 9.18 Å². The van der Waals surface area contributed by atoms with Crippen LogP contribution in [0.1, 0.15) is 16.8 Å². The second kappa shape index (κ2) is 5.46. The number of methoxy groups -OCH3 is 1. The highest BCUT2D eigenvalue weighted by Crippen LogP contribution is 2.24. The van der Waals surface area contributed by atoms with Crippen molar-refractivity contribution in [3.8, 4) is 5.75 Å². The third kappa shape index (κ3) is 2.57. The Bertz CT molecular complexity index is 548. The summed E-state index contributed by atoms with van der Waals surface area (Å²) in [7, 11) is 1.27. The second-order valence-electron chi connectivity index (χ2n) is 4.55. The summed E-state index contributed by atoms with van der Waals surface area (Å²) in [5, 5.41) is 18.6. The van der Waals surface area contributed by atoms with Gasteiger partial charge in [0, 0.05) is 18.5 Å². The number of hydrogen-bond acceptors (Lipinski definition) is 4. The normalized spacial score (nSPS) is 21.9. The van der Waals surface area contributed by atoms with E-state index < -0.39 is 29.8 Å². The standard InChI is InChI=1S/C13H14FNO5/c1-20-11-4-7(2-3-9(11)14)12(17)15-6-8(16)5-10(15)13(18)19/h2-4,8,10,16H,5-6H2,1H3,(H,18,19)/t8?,10-/m0/s1. The highest BCUT2D eigenvalue weighted by Gasteiger charge is 2.39. The number of β-amino-alcohol motifs (C(OH)–C–C–N with tert-alkyl or cyclic N) is 1. The molecule has 2 rings (SSSR count). The van der Waals surface area contributed by atoms with Gasteiger partial charge in [-0.3, -0.25) is 4.79 Å². The van der Waals surface area contributed by atoms with E-state index >= 15 is 0 Å². The number of amides is 1. The Balaban J connectivity index is 2.28. The van der Waals surface area contributed by atoms with Crippen molar-refractivity contribution in [2.75, 3.05) is 13.7 Å². The summed E-state index contributed by atoms with van der Waals surface area (Å²) in [5.74, 6) is -2.46. The van der Waals surface area contributed by atoms with Crippen LogP contribution >= 0.6 is 0 Å². The average molecular weight is 283 g/mol. The minimum Gasteiger partial charge on any atom is -0.494 e. The van der Waals surface area contributed by atoms with Crippen LogP contribution in [-0.4, -0.2) is 52.8 Å². The lowest BCUT2D eigenvalue weighted by atomic mass is 10.1. The number of ether oxygens (including phenoxy) is 1. The first-order chi connectivity index (χ1) is 9.43. The highest BCUT2D eigenvalue weighted by molar-refractivity contribution is 5.97. The molecular formula is C13H14FNO5. The molecular weight excluding hydrogens is 269 g/mol. The van der Waals surface area contributed by atoms with Crippen molar-refractivity contribution in [1.82, 2.24) is 4.90 Å². The van der Waals surface area contributed by atoms with Crippen LogP contribution in [0.2, 0.25) is 0 Å². The fraction of sp³-hybridized carbons (Fsp3) is 0.385. The lowest BCUT2D eigenvalue weighted by Crippen LogP contribution is -2.40. The monoisotopic (exact) mass is 283 g/mol. The minimum absolute atomic E-state index is 0.0145. The second-order valence-corrected chi connectivity index (χ2v) is 4.55. The molecule has 7 heteroatoms. The zero-order valence-electron chi connectivity index (χ0n) is 10.7. The number of aliphatic carboxylic acids is 1. The number of hydrogen-bond donors (Lipinski definition) is 2. The van der Waals surface area contributed by atoms with Gasteiger partial charge in [-0.1, -0.05) is 0 Å². The van der Waals surface area contributed by atoms with Crippen LogP contribution in [0.15, 0.2) is 18.2 Å². The van der Waals surface area contributed by atoms with Gasteiger partial charge in [0.15, 0.2) is 11.6 Å². The van der Waals surface area contributed by atoms with Gasteiger partial charge in [-0.2, -0.15) is 0 Å². The Labute approximate surface area is 114 Å². The molecule has 1 saturated heterocycles. The van der Waals surface area contributed by atoms with E-state index in [9.17, 15) is 19.1 Å². The highest BCUT2D eigenvalue weighted by atomic mass is 19.1. The van der Waals surface area contributed by atoms with Crippen LogP contribution in [0, 0.1) is 5.82 Å². The molecule has 6 nitrogen and oxygen atoms in total. The van der Waals surface area contributed by atoms with E-state index in [1.54, 1.807) is 0 Å². The van der Waals surface area contributed by atoms with Crippen molar-refractivity contribution in [1.29, 1.82) is 0 Å². The third-order valence-electron chi connectivity index (χ3n) is 3.22. The van der Waals surface area contributed by atoms with E-state index in [1.165, 1.54) is 19.2 Å². The molecule has 0 radical (unpaired) electrons. The molecule has 1 amide bonds. The van der Waals surface area contributed by atoms with Crippen molar-refractivity contribution in [3.63, 3.8) is 0 Å². The number of aliphatic hydroxyl groups excluding tert-OH is 1. The zero-order valence-corrected chi connectivity index (χ0v) is 10.7. The average Bonchev–Trinajstić information content (AvgIpc) is 2.81. The number of aliphatic hydroxyl groups is 1. The van der Waals surface area contributed by atoms with Gasteiger partial charge in [0.05, 0.1) is 13.2 Å². The van der Waals surface area contributed by atoms with Crippen molar-refractivity contribution in [2.24, 2.45) is 0 Å². The summed E-state index contributed by atoms with van der Waals surface area (Å²) in [4.78, 5) is 24.4. The number of carbonyl (C=O) groups excluding carboxylic acids is 1. The summed E-state index contributed by atoms with van der Waals surface area (Å²) in [6.45, 7) is -0.0600. The predicted molar refractivity (Wildman–Crippen MR) is 66.0 cm³/mol. The zero-order chi connectivity index (χ0) is 14.9. The largest absolute Gasteiger partial charge is 0.494 e. The number of carboxylic acids is 1. The number of likely N-dealkylation sites (tertiary alicyclic amines) is 1. The Kier molecular flexibility index (Phi) is 3.89. The Morgan fingerprint density at radius 3 is 2.75 bits per heavy atom. The van der Waals surface area contributed by atoms with Gasteiger partial charge in [0.2, 0.25) is 0 Å². The molecule has 1 aromatic rings. The topological polar surface area (TPSA) is 87.1 Å². The third-order valence-corrected chi connectivity index (χ3v) is 3.22. The van der Waals surface area contributed by atoms with E-state index in [4.69, 9.17) is 9.84 Å². The molecule has 0 spiro atoms. The number of benzene rings is 1. The molecule has 1 aliphatic heterocycles. The molecule has 1 aliphatic rings. The summed E-state index contributed by atoms with van der Waals surface area (Å²) in [6.07, 6.45) is -0.887. The van der Waals surface area contributed by atoms with Crippen molar-refractivity contribution < 1.29 is 28.9 Å². The van der Waals surface area contributed by atoms with Gasteiger partial charge >= 0.3 is 5.97 Å². The molecule has 0 saturated carbocycles. The Morgan fingerprint density at radius 1 is 1.45 bits per heavy atom. The maximum atomic E-state index is 13.3. The minimum atomic E-state index is -1.18. The fourth-order valence-corrected chi connectivity index (χ4v) is 2.23. The first-order valence-electron chi connectivity index (χ1n) is 5.99. The fourth-order valence-electron chi connectivity index (χ4n) is 2.23. The number of rotatable bonds is 3. The molecule has 1 fully saturated rings. The van der Waals surface area contributed by atoms with Crippen molar-refractivity contribution >= 4 is 11.9 Å². The number of nitrogens with zero attached hydrogens (tertiary/aromatic N) is 1.